The van der Waals surface area contributed by atoms with Crippen molar-refractivity contribution in [1.82, 2.24) is 24.1 Å². The Balaban J connectivity index is 1.65. The van der Waals surface area contributed by atoms with E-state index in [1.807, 2.05) is 75.9 Å². The first-order valence-electron chi connectivity index (χ1n) is 9.36. The largest absolute Gasteiger partial charge is 0.349 e. The molecule has 0 aliphatic rings. The quantitative estimate of drug-likeness (QED) is 0.514. The molecule has 0 atom stereocenters. The van der Waals surface area contributed by atoms with Crippen LogP contribution >= 0.6 is 0 Å². The Morgan fingerprint density at radius 3 is 2.64 bits per heavy atom. The first-order chi connectivity index (χ1) is 13.8. The maximum Gasteiger partial charge on any atom is 0.261 e. The van der Waals surface area contributed by atoms with Gasteiger partial charge in [-0.25, -0.2) is 9.50 Å². The number of aryl methyl sites for hydroxylation is 2. The third kappa shape index (κ3) is 2.79. The van der Waals surface area contributed by atoms with Crippen LogP contribution in [-0.4, -0.2) is 24.1 Å². The molecule has 138 valence electrons. The lowest BCUT2D eigenvalue weighted by atomic mass is 10.1. The Hall–Kier alpha value is -3.67. The summed E-state index contributed by atoms with van der Waals surface area (Å²) in [5, 5.41) is 5.49. The Kier molecular flexibility index (Phi) is 4.01. The molecular formula is C22H19N5O. The van der Waals surface area contributed by atoms with Crippen LogP contribution in [0.5, 0.6) is 0 Å². The second-order valence-corrected chi connectivity index (χ2v) is 6.78. The fourth-order valence-corrected chi connectivity index (χ4v) is 3.63. The molecule has 0 fully saturated rings. The SMILES string of the molecule is O=c1c2ccccc2n2nc(-c3ccccc3)cc2n1CCCc1ncc[nH]1. The lowest BCUT2D eigenvalue weighted by Gasteiger charge is -2.10. The number of para-hydroxylation sites is 1. The highest BCUT2D eigenvalue weighted by Crippen LogP contribution is 2.22. The van der Waals surface area contributed by atoms with E-state index in [1.165, 1.54) is 0 Å². The molecule has 5 rings (SSSR count). The Labute approximate surface area is 161 Å². The zero-order valence-corrected chi connectivity index (χ0v) is 15.2. The summed E-state index contributed by atoms with van der Waals surface area (Å²) in [6.45, 7) is 0.605. The predicted molar refractivity (Wildman–Crippen MR) is 109 cm³/mol. The summed E-state index contributed by atoms with van der Waals surface area (Å²) in [4.78, 5) is 20.6. The molecule has 0 saturated heterocycles. The summed E-state index contributed by atoms with van der Waals surface area (Å²) in [5.41, 5.74) is 3.54. The summed E-state index contributed by atoms with van der Waals surface area (Å²) in [5.74, 6) is 0.934. The van der Waals surface area contributed by atoms with Crippen molar-refractivity contribution in [3.63, 3.8) is 0 Å². The molecule has 28 heavy (non-hydrogen) atoms. The number of nitrogens with zero attached hydrogens (tertiary/aromatic N) is 4. The maximum atomic E-state index is 13.2. The summed E-state index contributed by atoms with van der Waals surface area (Å²) in [6, 6.07) is 19.7. The predicted octanol–water partition coefficient (Wildman–Crippen LogP) is 3.67. The molecule has 0 amide bonds. The molecule has 3 aromatic heterocycles. The topological polar surface area (TPSA) is 68.0 Å². The summed E-state index contributed by atoms with van der Waals surface area (Å²) in [7, 11) is 0. The van der Waals surface area contributed by atoms with Crippen molar-refractivity contribution >= 4 is 16.6 Å². The molecule has 6 nitrogen and oxygen atoms in total. The molecule has 0 aliphatic carbocycles. The van der Waals surface area contributed by atoms with Gasteiger partial charge in [0.25, 0.3) is 5.56 Å². The van der Waals surface area contributed by atoms with Crippen molar-refractivity contribution < 1.29 is 0 Å². The van der Waals surface area contributed by atoms with Gasteiger partial charge in [-0.2, -0.15) is 5.10 Å². The number of aromatic amines is 1. The van der Waals surface area contributed by atoms with Crippen LogP contribution in [0, 0.1) is 0 Å². The van der Waals surface area contributed by atoms with E-state index < -0.39 is 0 Å². The van der Waals surface area contributed by atoms with E-state index in [-0.39, 0.29) is 5.56 Å². The molecule has 0 aliphatic heterocycles. The molecule has 2 aromatic carbocycles. The normalized spacial score (nSPS) is 11.4. The van der Waals surface area contributed by atoms with Gasteiger partial charge in [-0.3, -0.25) is 9.36 Å². The molecule has 3 heterocycles. The van der Waals surface area contributed by atoms with E-state index in [0.717, 1.165) is 41.1 Å². The fourth-order valence-electron chi connectivity index (χ4n) is 3.63. The number of nitrogens with one attached hydrogen (secondary N) is 1. The number of benzene rings is 2. The molecular weight excluding hydrogens is 350 g/mol. The monoisotopic (exact) mass is 369 g/mol. The highest BCUT2D eigenvalue weighted by atomic mass is 16.1. The second-order valence-electron chi connectivity index (χ2n) is 6.78. The number of hydrogen-bond donors (Lipinski definition) is 1. The van der Waals surface area contributed by atoms with Gasteiger partial charge in [0, 0.05) is 37.0 Å². The Morgan fingerprint density at radius 1 is 1.00 bits per heavy atom. The van der Waals surface area contributed by atoms with Crippen molar-refractivity contribution in [3.05, 3.63) is 89.2 Å². The lowest BCUT2D eigenvalue weighted by Crippen LogP contribution is -2.23. The van der Waals surface area contributed by atoms with Gasteiger partial charge in [-0.15, -0.1) is 0 Å². The molecule has 0 spiro atoms. The summed E-state index contributed by atoms with van der Waals surface area (Å²) < 4.78 is 3.71. The molecule has 0 saturated carbocycles. The van der Waals surface area contributed by atoms with Crippen LogP contribution in [0.3, 0.4) is 0 Å². The van der Waals surface area contributed by atoms with Gasteiger partial charge in [0.1, 0.15) is 11.5 Å². The number of hydrogen-bond acceptors (Lipinski definition) is 3. The van der Waals surface area contributed by atoms with Gasteiger partial charge in [0.15, 0.2) is 0 Å². The Bertz CT molecular complexity index is 1300. The molecule has 5 aromatic rings. The van der Waals surface area contributed by atoms with Crippen LogP contribution in [0.4, 0.5) is 0 Å². The molecule has 6 heteroatoms. The second kappa shape index (κ2) is 6.81. The fraction of sp³-hybridized carbons (Fsp3) is 0.136. The molecule has 0 bridgehead atoms. The zero-order chi connectivity index (χ0) is 18.9. The molecule has 0 unspecified atom stereocenters. The van der Waals surface area contributed by atoms with E-state index in [4.69, 9.17) is 5.10 Å². The molecule has 0 radical (unpaired) electrons. The van der Waals surface area contributed by atoms with E-state index in [9.17, 15) is 4.79 Å². The van der Waals surface area contributed by atoms with Crippen LogP contribution < -0.4 is 5.56 Å². The zero-order valence-electron chi connectivity index (χ0n) is 15.2. The smallest absolute Gasteiger partial charge is 0.261 e. The number of rotatable bonds is 5. The highest BCUT2D eigenvalue weighted by molar-refractivity contribution is 5.81. The van der Waals surface area contributed by atoms with Crippen molar-refractivity contribution in [2.75, 3.05) is 0 Å². The number of fused-ring (bicyclic) bond motifs is 3. The van der Waals surface area contributed by atoms with E-state index in [0.29, 0.717) is 11.9 Å². The first-order valence-corrected chi connectivity index (χ1v) is 9.36. The minimum Gasteiger partial charge on any atom is -0.349 e. The third-order valence-electron chi connectivity index (χ3n) is 4.99. The van der Waals surface area contributed by atoms with Crippen molar-refractivity contribution in [3.8, 4) is 11.3 Å². The standard InChI is InChI=1S/C22H19N5O/c28-22-17-9-4-5-10-19(17)27-21(15-18(25-27)16-7-2-1-3-8-16)26(22)14-6-11-20-23-12-13-24-20/h1-5,7-10,12-13,15H,6,11,14H2,(H,23,24). The average molecular weight is 369 g/mol. The van der Waals surface area contributed by atoms with E-state index in [1.54, 1.807) is 6.20 Å². The van der Waals surface area contributed by atoms with Gasteiger partial charge >= 0.3 is 0 Å². The van der Waals surface area contributed by atoms with Crippen LogP contribution in [0.25, 0.3) is 27.8 Å². The van der Waals surface area contributed by atoms with Crippen molar-refractivity contribution in [1.29, 1.82) is 0 Å². The third-order valence-corrected chi connectivity index (χ3v) is 4.99. The van der Waals surface area contributed by atoms with Gasteiger partial charge < -0.3 is 4.98 Å². The minimum atomic E-state index is 0.0158. The number of H-pyrrole nitrogens is 1. The van der Waals surface area contributed by atoms with Crippen LogP contribution in [0.15, 0.2) is 77.9 Å². The minimum absolute atomic E-state index is 0.0158. The van der Waals surface area contributed by atoms with Crippen molar-refractivity contribution in [2.24, 2.45) is 0 Å². The van der Waals surface area contributed by atoms with Crippen LogP contribution in [0.2, 0.25) is 0 Å². The van der Waals surface area contributed by atoms with Crippen LogP contribution in [0.1, 0.15) is 12.2 Å². The lowest BCUT2D eigenvalue weighted by molar-refractivity contribution is 0.623. The van der Waals surface area contributed by atoms with Crippen LogP contribution in [-0.2, 0) is 13.0 Å². The van der Waals surface area contributed by atoms with E-state index in [2.05, 4.69) is 9.97 Å². The average Bonchev–Trinajstić information content (AvgIpc) is 3.41. The number of imidazole rings is 1. The highest BCUT2D eigenvalue weighted by Gasteiger charge is 2.14. The number of aromatic nitrogens is 5. The van der Waals surface area contributed by atoms with Gasteiger partial charge in [0.05, 0.1) is 16.6 Å². The summed E-state index contributed by atoms with van der Waals surface area (Å²) in [6.07, 6.45) is 5.17. The van der Waals surface area contributed by atoms with E-state index >= 15 is 0 Å². The first kappa shape index (κ1) is 16.5. The van der Waals surface area contributed by atoms with Gasteiger partial charge in [-0.1, -0.05) is 42.5 Å². The Morgan fingerprint density at radius 2 is 1.82 bits per heavy atom. The van der Waals surface area contributed by atoms with Gasteiger partial charge in [0.2, 0.25) is 0 Å². The summed E-state index contributed by atoms with van der Waals surface area (Å²) >= 11 is 0. The molecule has 1 N–H and O–H groups in total. The maximum absolute atomic E-state index is 13.2. The van der Waals surface area contributed by atoms with Gasteiger partial charge in [-0.05, 0) is 18.6 Å². The van der Waals surface area contributed by atoms with Crippen molar-refractivity contribution in [2.45, 2.75) is 19.4 Å².